The normalized spacial score (nSPS) is 13.9. The number of hydrogen-bond donors (Lipinski definition) is 2. The number of carbonyl (C=O) groups is 1. The van der Waals surface area contributed by atoms with Crippen molar-refractivity contribution in [3.63, 3.8) is 0 Å². The van der Waals surface area contributed by atoms with Gasteiger partial charge in [-0.05, 0) is 48.7 Å². The summed E-state index contributed by atoms with van der Waals surface area (Å²) < 4.78 is 11.0. The van der Waals surface area contributed by atoms with E-state index in [1.165, 1.54) is 0 Å². The fourth-order valence-electron chi connectivity index (χ4n) is 2.98. The monoisotopic (exact) mass is 384 g/mol. The Balaban J connectivity index is 1.49. The van der Waals surface area contributed by atoms with E-state index < -0.39 is 0 Å². The second kappa shape index (κ2) is 9.94. The maximum Gasteiger partial charge on any atom is 0.320 e. The van der Waals surface area contributed by atoms with Crippen LogP contribution in [0.3, 0.4) is 0 Å². The lowest BCUT2D eigenvalue weighted by Gasteiger charge is -2.28. The van der Waals surface area contributed by atoms with Gasteiger partial charge in [0.1, 0.15) is 11.6 Å². The van der Waals surface area contributed by atoms with Crippen molar-refractivity contribution in [2.24, 2.45) is 0 Å². The van der Waals surface area contributed by atoms with Gasteiger partial charge >= 0.3 is 6.03 Å². The average Bonchev–Trinajstić information content (AvgIpc) is 2.73. The summed E-state index contributed by atoms with van der Waals surface area (Å²) in [5, 5.41) is 5.64. The number of benzene rings is 1. The molecular weight excluding hydrogens is 356 g/mol. The quantitative estimate of drug-likeness (QED) is 0.766. The van der Waals surface area contributed by atoms with Crippen LogP contribution in [0.2, 0.25) is 0 Å². The molecule has 0 spiro atoms. The number of amides is 2. The Morgan fingerprint density at radius 3 is 2.75 bits per heavy atom. The molecule has 7 nitrogen and oxygen atoms in total. The fraction of sp³-hybridized carbons (Fsp3) is 0.429. The third-order valence-electron chi connectivity index (χ3n) is 4.59. The largest absolute Gasteiger partial charge is 0.494 e. The minimum Gasteiger partial charge on any atom is -0.494 e. The smallest absolute Gasteiger partial charge is 0.320 e. The molecule has 0 saturated carbocycles. The van der Waals surface area contributed by atoms with Gasteiger partial charge < -0.3 is 19.7 Å². The molecule has 1 aliphatic rings. The molecule has 3 rings (SSSR count). The molecule has 28 heavy (non-hydrogen) atoms. The molecule has 1 aromatic carbocycles. The molecule has 0 radical (unpaired) electrons. The molecule has 1 fully saturated rings. The van der Waals surface area contributed by atoms with Crippen molar-refractivity contribution < 1.29 is 14.3 Å². The molecule has 1 aliphatic heterocycles. The summed E-state index contributed by atoms with van der Waals surface area (Å²) in [6.45, 7) is 8.41. The van der Waals surface area contributed by atoms with Crippen LogP contribution in [0, 0.1) is 6.92 Å². The van der Waals surface area contributed by atoms with Crippen LogP contribution in [0.5, 0.6) is 5.75 Å². The van der Waals surface area contributed by atoms with Crippen molar-refractivity contribution in [1.82, 2.24) is 10.3 Å². The average molecular weight is 384 g/mol. The molecule has 150 valence electrons. The second-order valence-corrected chi connectivity index (χ2v) is 6.75. The Kier molecular flexibility index (Phi) is 7.08. The number of aryl methyl sites for hydroxylation is 1. The van der Waals surface area contributed by atoms with Crippen molar-refractivity contribution in [2.45, 2.75) is 26.8 Å². The molecule has 0 aliphatic carbocycles. The van der Waals surface area contributed by atoms with Crippen molar-refractivity contribution in [1.29, 1.82) is 0 Å². The highest BCUT2D eigenvalue weighted by Crippen LogP contribution is 2.18. The first kappa shape index (κ1) is 19.9. The summed E-state index contributed by atoms with van der Waals surface area (Å²) in [7, 11) is 0. The molecule has 0 bridgehead atoms. The van der Waals surface area contributed by atoms with E-state index in [0.29, 0.717) is 19.0 Å². The van der Waals surface area contributed by atoms with Gasteiger partial charge in [-0.3, -0.25) is 5.32 Å². The zero-order chi connectivity index (χ0) is 19.8. The van der Waals surface area contributed by atoms with Crippen LogP contribution in [0.25, 0.3) is 0 Å². The molecule has 1 aromatic heterocycles. The predicted octanol–water partition coefficient (Wildman–Crippen LogP) is 3.34. The number of pyridine rings is 1. The summed E-state index contributed by atoms with van der Waals surface area (Å²) in [6.07, 6.45) is 2.75. The van der Waals surface area contributed by atoms with Crippen LogP contribution >= 0.6 is 0 Å². The number of nitrogens with zero attached hydrogens (tertiary/aromatic N) is 2. The highest BCUT2D eigenvalue weighted by atomic mass is 16.5. The van der Waals surface area contributed by atoms with Crippen molar-refractivity contribution >= 4 is 17.5 Å². The van der Waals surface area contributed by atoms with Gasteiger partial charge in [-0.2, -0.15) is 0 Å². The Morgan fingerprint density at radius 2 is 2.07 bits per heavy atom. The SMILES string of the molecule is CCCOc1ccc(CNC(=O)Nc2ccc(N3CCOCC3)cn2)c(C)c1. The predicted molar refractivity (Wildman–Crippen MR) is 110 cm³/mol. The molecule has 2 heterocycles. The lowest BCUT2D eigenvalue weighted by atomic mass is 10.1. The first-order valence-electron chi connectivity index (χ1n) is 9.71. The molecule has 1 saturated heterocycles. The molecular formula is C21H28N4O3. The van der Waals surface area contributed by atoms with E-state index in [4.69, 9.17) is 9.47 Å². The van der Waals surface area contributed by atoms with E-state index in [9.17, 15) is 4.79 Å². The first-order valence-corrected chi connectivity index (χ1v) is 9.71. The van der Waals surface area contributed by atoms with Gasteiger partial charge in [0.2, 0.25) is 0 Å². The lowest BCUT2D eigenvalue weighted by molar-refractivity contribution is 0.122. The van der Waals surface area contributed by atoms with Gasteiger partial charge in [-0.15, -0.1) is 0 Å². The number of aromatic nitrogens is 1. The summed E-state index contributed by atoms with van der Waals surface area (Å²) in [4.78, 5) is 18.7. The van der Waals surface area contributed by atoms with Crippen LogP contribution in [-0.2, 0) is 11.3 Å². The number of carbonyl (C=O) groups excluding carboxylic acids is 1. The Morgan fingerprint density at radius 1 is 1.25 bits per heavy atom. The second-order valence-electron chi connectivity index (χ2n) is 6.75. The van der Waals surface area contributed by atoms with Crippen molar-refractivity contribution in [2.75, 3.05) is 43.1 Å². The maximum atomic E-state index is 12.2. The van der Waals surface area contributed by atoms with Crippen LogP contribution in [0.4, 0.5) is 16.3 Å². The highest BCUT2D eigenvalue weighted by molar-refractivity contribution is 5.88. The maximum absolute atomic E-state index is 12.2. The van der Waals surface area contributed by atoms with Gasteiger partial charge in [0.15, 0.2) is 0 Å². The van der Waals surface area contributed by atoms with Gasteiger partial charge in [0, 0.05) is 19.6 Å². The molecule has 2 amide bonds. The van der Waals surface area contributed by atoms with E-state index in [0.717, 1.165) is 55.3 Å². The van der Waals surface area contributed by atoms with E-state index in [2.05, 4.69) is 27.4 Å². The summed E-state index contributed by atoms with van der Waals surface area (Å²) in [6, 6.07) is 9.41. The molecule has 0 atom stereocenters. The Hall–Kier alpha value is -2.80. The van der Waals surface area contributed by atoms with Crippen molar-refractivity contribution in [3.8, 4) is 5.75 Å². The molecule has 7 heteroatoms. The van der Waals surface area contributed by atoms with Gasteiger partial charge in [0.25, 0.3) is 0 Å². The van der Waals surface area contributed by atoms with Gasteiger partial charge in [-0.25, -0.2) is 9.78 Å². The number of anilines is 2. The first-order chi connectivity index (χ1) is 13.7. The minimum absolute atomic E-state index is 0.280. The Labute approximate surface area is 166 Å². The number of nitrogens with one attached hydrogen (secondary N) is 2. The summed E-state index contributed by atoms with van der Waals surface area (Å²) in [5.41, 5.74) is 3.17. The van der Waals surface area contributed by atoms with Crippen LogP contribution in [0.1, 0.15) is 24.5 Å². The lowest BCUT2D eigenvalue weighted by Crippen LogP contribution is -2.36. The van der Waals surface area contributed by atoms with E-state index in [-0.39, 0.29) is 6.03 Å². The van der Waals surface area contributed by atoms with Crippen molar-refractivity contribution in [3.05, 3.63) is 47.7 Å². The van der Waals surface area contributed by atoms with E-state index >= 15 is 0 Å². The topological polar surface area (TPSA) is 75.7 Å². The Bertz CT molecular complexity index is 774. The van der Waals surface area contributed by atoms with E-state index in [1.807, 2.05) is 37.3 Å². The van der Waals surface area contributed by atoms with Gasteiger partial charge in [-0.1, -0.05) is 13.0 Å². The molecule has 2 N–H and O–H groups in total. The third kappa shape index (κ3) is 5.60. The highest BCUT2D eigenvalue weighted by Gasteiger charge is 2.12. The van der Waals surface area contributed by atoms with Crippen LogP contribution in [-0.4, -0.2) is 43.9 Å². The van der Waals surface area contributed by atoms with Crippen LogP contribution in [0.15, 0.2) is 36.5 Å². The molecule has 0 unspecified atom stereocenters. The number of morpholine rings is 1. The van der Waals surface area contributed by atoms with Crippen LogP contribution < -0.4 is 20.3 Å². The number of hydrogen-bond acceptors (Lipinski definition) is 5. The molecule has 2 aromatic rings. The van der Waals surface area contributed by atoms with E-state index in [1.54, 1.807) is 6.20 Å². The number of rotatable bonds is 7. The van der Waals surface area contributed by atoms with Gasteiger partial charge in [0.05, 0.1) is 31.7 Å². The summed E-state index contributed by atoms with van der Waals surface area (Å²) >= 11 is 0. The third-order valence-corrected chi connectivity index (χ3v) is 4.59. The fourth-order valence-corrected chi connectivity index (χ4v) is 2.98. The standard InChI is InChI=1S/C21H28N4O3/c1-3-10-28-19-6-4-17(16(2)13-19)14-23-21(26)24-20-7-5-18(15-22-20)25-8-11-27-12-9-25/h4-7,13,15H,3,8-12,14H2,1-2H3,(H2,22,23,24,26). The number of urea groups is 1. The summed E-state index contributed by atoms with van der Waals surface area (Å²) in [5.74, 6) is 1.38. The minimum atomic E-state index is -0.280. The zero-order valence-corrected chi connectivity index (χ0v) is 16.5. The number of ether oxygens (including phenoxy) is 2. The zero-order valence-electron chi connectivity index (χ0n) is 16.5.